The smallest absolute Gasteiger partial charge is 0.388 e. The Kier molecular flexibility index (Phi) is 6.84. The molecule has 1 rings (SSSR count). The molecule has 1 fully saturated rings. The number of nitrogens with one attached hydrogen (secondary N) is 1. The Balaban J connectivity index is 2.82. The second kappa shape index (κ2) is 7.64. The molecule has 0 bridgehead atoms. The summed E-state index contributed by atoms with van der Waals surface area (Å²) < 4.78 is 34.7. The summed E-state index contributed by atoms with van der Waals surface area (Å²) in [7, 11) is -10.7. The Bertz CT molecular complexity index is 521. The molecule has 0 spiro atoms. The summed E-state index contributed by atoms with van der Waals surface area (Å²) in [5.41, 5.74) is 0. The molecule has 1 aliphatic heterocycles. The van der Waals surface area contributed by atoms with E-state index in [0.717, 1.165) is 6.92 Å². The van der Waals surface area contributed by atoms with Gasteiger partial charge in [-0.25, -0.2) is 9.13 Å². The van der Waals surface area contributed by atoms with Crippen molar-refractivity contribution >= 4 is 21.6 Å². The highest BCUT2D eigenvalue weighted by Gasteiger charge is 2.48. The molecule has 15 heteroatoms. The molecule has 1 unspecified atom stereocenters. The third-order valence-corrected chi connectivity index (χ3v) is 4.82. The predicted molar refractivity (Wildman–Crippen MR) is 69.4 cm³/mol. The van der Waals surface area contributed by atoms with Crippen LogP contribution in [0.25, 0.3) is 0 Å². The lowest BCUT2D eigenvalue weighted by molar-refractivity contribution is -0.273. The third-order valence-electron chi connectivity index (χ3n) is 2.67. The van der Waals surface area contributed by atoms with Gasteiger partial charge in [-0.15, -0.1) is 0 Å². The SMILES string of the molecule is CC(=O)NC[C@H]1O[C@H](OP(=O)(O)OP(=O)(O)O)[C@H](O)[C@@H](O)[C@@H]1O. The molecular weight excluding hydrogens is 364 g/mol. The molecule has 1 amide bonds. The Morgan fingerprint density at radius 3 is 2.17 bits per heavy atom. The fourth-order valence-electron chi connectivity index (χ4n) is 1.70. The third kappa shape index (κ3) is 6.53. The van der Waals surface area contributed by atoms with Crippen LogP contribution < -0.4 is 5.32 Å². The van der Waals surface area contributed by atoms with Crippen LogP contribution in [-0.2, 0) is 27.5 Å². The van der Waals surface area contributed by atoms with Crippen LogP contribution in [0.4, 0.5) is 0 Å². The number of phosphoric acid groups is 2. The Morgan fingerprint density at radius 2 is 1.70 bits per heavy atom. The summed E-state index contributed by atoms with van der Waals surface area (Å²) in [6.45, 7) is 0.819. The zero-order valence-corrected chi connectivity index (χ0v) is 13.4. The Morgan fingerprint density at radius 1 is 1.13 bits per heavy atom. The standard InChI is InChI=1S/C8H17NO12P2/c1-3(10)9-2-4-5(11)6(12)7(13)8(19-4)20-23(17,18)21-22(14,15)16/h4-8,11-13H,2H2,1H3,(H,9,10)(H,17,18)(H2,14,15,16)/t4-,5-,6+,7-,8-/m1/s1. The minimum Gasteiger partial charge on any atom is -0.388 e. The molecule has 136 valence electrons. The molecule has 0 aromatic carbocycles. The molecule has 6 atom stereocenters. The van der Waals surface area contributed by atoms with Crippen LogP contribution in [0, 0.1) is 0 Å². The lowest BCUT2D eigenvalue weighted by Crippen LogP contribution is -2.60. The highest BCUT2D eigenvalue weighted by Crippen LogP contribution is 2.58. The quantitative estimate of drug-likeness (QED) is 0.232. The molecule has 0 aliphatic carbocycles. The lowest BCUT2D eigenvalue weighted by Gasteiger charge is -2.40. The van der Waals surface area contributed by atoms with Gasteiger partial charge < -0.3 is 40.1 Å². The Labute approximate surface area is 129 Å². The van der Waals surface area contributed by atoms with Crippen molar-refractivity contribution in [2.45, 2.75) is 37.6 Å². The van der Waals surface area contributed by atoms with Gasteiger partial charge in [-0.3, -0.25) is 9.32 Å². The summed E-state index contributed by atoms with van der Waals surface area (Å²) in [5.74, 6) is -0.503. The number of hydrogen-bond acceptors (Lipinski definition) is 9. The molecular formula is C8H17NO12P2. The summed E-state index contributed by atoms with van der Waals surface area (Å²) in [6, 6.07) is 0. The van der Waals surface area contributed by atoms with Crippen molar-refractivity contribution in [2.75, 3.05) is 6.54 Å². The first kappa shape index (κ1) is 20.6. The molecule has 13 nitrogen and oxygen atoms in total. The fourth-order valence-corrected chi connectivity index (χ4v) is 3.37. The van der Waals surface area contributed by atoms with Crippen molar-refractivity contribution < 1.29 is 57.5 Å². The monoisotopic (exact) mass is 381 g/mol. The highest BCUT2D eigenvalue weighted by atomic mass is 31.3. The highest BCUT2D eigenvalue weighted by molar-refractivity contribution is 7.60. The van der Waals surface area contributed by atoms with Crippen LogP contribution in [0.5, 0.6) is 0 Å². The van der Waals surface area contributed by atoms with Gasteiger partial charge >= 0.3 is 15.6 Å². The van der Waals surface area contributed by atoms with Gasteiger partial charge in [-0.2, -0.15) is 4.31 Å². The first-order valence-corrected chi connectivity index (χ1v) is 9.07. The molecule has 1 heterocycles. The second-order valence-electron chi connectivity index (χ2n) is 4.60. The predicted octanol–water partition coefficient (Wildman–Crippen LogP) is -2.84. The minimum absolute atomic E-state index is 0.338. The van der Waals surface area contributed by atoms with Crippen LogP contribution in [-0.4, -0.2) is 73.2 Å². The van der Waals surface area contributed by atoms with Crippen molar-refractivity contribution in [3.05, 3.63) is 0 Å². The van der Waals surface area contributed by atoms with E-state index in [1.54, 1.807) is 0 Å². The molecule has 0 aromatic rings. The van der Waals surface area contributed by atoms with Gasteiger partial charge in [0.05, 0.1) is 0 Å². The van der Waals surface area contributed by atoms with Crippen LogP contribution in [0.15, 0.2) is 0 Å². The maximum atomic E-state index is 11.4. The molecule has 23 heavy (non-hydrogen) atoms. The van der Waals surface area contributed by atoms with Crippen molar-refractivity contribution in [1.29, 1.82) is 0 Å². The average molecular weight is 381 g/mol. The minimum atomic E-state index is -5.39. The number of hydrogen-bond donors (Lipinski definition) is 7. The number of amides is 1. The molecule has 1 saturated heterocycles. The van der Waals surface area contributed by atoms with Crippen LogP contribution >= 0.6 is 15.6 Å². The van der Waals surface area contributed by atoms with Gasteiger partial charge in [0, 0.05) is 13.5 Å². The normalized spacial score (nSPS) is 34.7. The number of carbonyl (C=O) groups excluding carboxylic acids is 1. The lowest BCUT2D eigenvalue weighted by atomic mass is 9.99. The zero-order valence-electron chi connectivity index (χ0n) is 11.6. The Hall–Kier alpha value is -0.430. The summed E-state index contributed by atoms with van der Waals surface area (Å²) >= 11 is 0. The van der Waals surface area contributed by atoms with Crippen molar-refractivity contribution in [3.8, 4) is 0 Å². The van der Waals surface area contributed by atoms with E-state index in [4.69, 9.17) is 14.5 Å². The van der Waals surface area contributed by atoms with Gasteiger partial charge in [0.1, 0.15) is 24.4 Å². The molecule has 0 saturated carbocycles. The van der Waals surface area contributed by atoms with E-state index in [1.165, 1.54) is 0 Å². The summed E-state index contributed by atoms with van der Waals surface area (Å²) in [6.07, 6.45) is -8.98. The van der Waals surface area contributed by atoms with Crippen LogP contribution in [0.3, 0.4) is 0 Å². The largest absolute Gasteiger partial charge is 0.483 e. The maximum Gasteiger partial charge on any atom is 0.483 e. The van der Waals surface area contributed by atoms with Crippen molar-refractivity contribution in [1.82, 2.24) is 5.32 Å². The molecule has 0 aromatic heterocycles. The number of aliphatic hydroxyl groups excluding tert-OH is 3. The number of aliphatic hydroxyl groups is 3. The van der Waals surface area contributed by atoms with E-state index in [9.17, 15) is 34.1 Å². The van der Waals surface area contributed by atoms with Gasteiger partial charge in [0.25, 0.3) is 0 Å². The molecule has 7 N–H and O–H groups in total. The number of ether oxygens (including phenoxy) is 1. The summed E-state index contributed by atoms with van der Waals surface area (Å²) in [4.78, 5) is 37.0. The second-order valence-corrected chi connectivity index (χ2v) is 7.38. The van der Waals surface area contributed by atoms with Gasteiger partial charge in [0.15, 0.2) is 6.29 Å². The van der Waals surface area contributed by atoms with Crippen molar-refractivity contribution in [2.24, 2.45) is 0 Å². The van der Waals surface area contributed by atoms with E-state index < -0.39 is 52.3 Å². The topological polar surface area (TPSA) is 212 Å². The number of phosphoric ester groups is 1. The maximum absolute atomic E-state index is 11.4. The first-order chi connectivity index (χ1) is 10.3. The van der Waals surface area contributed by atoms with Gasteiger partial charge in [0.2, 0.25) is 5.91 Å². The number of carbonyl (C=O) groups is 1. The van der Waals surface area contributed by atoms with E-state index in [0.29, 0.717) is 0 Å². The summed E-state index contributed by atoms with van der Waals surface area (Å²) in [5, 5.41) is 31.2. The molecule has 0 radical (unpaired) electrons. The van der Waals surface area contributed by atoms with Crippen LogP contribution in [0.1, 0.15) is 6.92 Å². The van der Waals surface area contributed by atoms with Gasteiger partial charge in [-0.1, -0.05) is 0 Å². The number of rotatable bonds is 6. The van der Waals surface area contributed by atoms with E-state index in [-0.39, 0.29) is 6.54 Å². The first-order valence-electron chi connectivity index (χ1n) is 6.04. The van der Waals surface area contributed by atoms with E-state index in [1.807, 2.05) is 0 Å². The average Bonchev–Trinajstić information content (AvgIpc) is 2.34. The van der Waals surface area contributed by atoms with E-state index in [2.05, 4.69) is 14.2 Å². The van der Waals surface area contributed by atoms with Crippen molar-refractivity contribution in [3.63, 3.8) is 0 Å². The fraction of sp³-hybridized carbons (Fsp3) is 0.875. The van der Waals surface area contributed by atoms with Crippen LogP contribution in [0.2, 0.25) is 0 Å². The van der Waals surface area contributed by atoms with E-state index >= 15 is 0 Å². The zero-order chi connectivity index (χ0) is 18.0. The van der Waals surface area contributed by atoms with Gasteiger partial charge in [-0.05, 0) is 0 Å². The molecule has 1 aliphatic rings.